The Balaban J connectivity index is 1.93. The second-order valence-electron chi connectivity index (χ2n) is 7.43. The molecule has 7 heteroatoms. The average Bonchev–Trinajstić information content (AvgIpc) is 2.99. The number of β-amino-alcohol motifs (C(OH)–C–C–N with tert-alkyl or cyclic N) is 1. The molecule has 2 aromatic carbocycles. The Labute approximate surface area is 188 Å². The third-order valence-electron chi connectivity index (χ3n) is 5.31. The maximum absolute atomic E-state index is 13.2. The van der Waals surface area contributed by atoms with Crippen molar-refractivity contribution in [2.75, 3.05) is 6.54 Å². The van der Waals surface area contributed by atoms with E-state index in [9.17, 15) is 14.7 Å². The van der Waals surface area contributed by atoms with Gasteiger partial charge >= 0.3 is 0 Å². The number of Topliss-reactive ketones (excluding diaryl/α,β-unsaturated/α-hetero) is 1. The molecule has 0 aliphatic carbocycles. The molecule has 1 N–H and O–H groups in total. The summed E-state index contributed by atoms with van der Waals surface area (Å²) in [6.45, 7) is 1.92. The van der Waals surface area contributed by atoms with Crippen LogP contribution in [-0.2, 0) is 22.4 Å². The number of hydrogen-bond acceptors (Lipinski definition) is 3. The van der Waals surface area contributed by atoms with Crippen molar-refractivity contribution in [3.8, 4) is 0 Å². The first kappa shape index (κ1) is 22.3. The number of hydrogen-bond donors (Lipinski definition) is 1. The summed E-state index contributed by atoms with van der Waals surface area (Å²) < 4.78 is 0.939. The molecule has 0 bridgehead atoms. The number of halogens is 3. The first-order valence-corrected chi connectivity index (χ1v) is 11.0. The van der Waals surface area contributed by atoms with Gasteiger partial charge in [-0.25, -0.2) is 0 Å². The third-order valence-corrected chi connectivity index (χ3v) is 6.28. The number of nitrogens with zero attached hydrogens (tertiary/aromatic N) is 1. The average molecular weight is 499 g/mol. The number of likely N-dealkylation sites (tertiary alicyclic amines) is 1. The van der Waals surface area contributed by atoms with Gasteiger partial charge in [0.2, 0.25) is 5.91 Å². The van der Waals surface area contributed by atoms with Crippen molar-refractivity contribution in [3.05, 3.63) is 68.1 Å². The van der Waals surface area contributed by atoms with Gasteiger partial charge in [-0.05, 0) is 41.5 Å². The highest BCUT2D eigenvalue weighted by atomic mass is 79.9. The van der Waals surface area contributed by atoms with Crippen LogP contribution in [0.25, 0.3) is 0 Å². The first-order valence-electron chi connectivity index (χ1n) is 9.45. The van der Waals surface area contributed by atoms with E-state index in [1.54, 1.807) is 30.0 Å². The predicted molar refractivity (Wildman–Crippen MR) is 118 cm³/mol. The monoisotopic (exact) mass is 497 g/mol. The lowest BCUT2D eigenvalue weighted by molar-refractivity contribution is -0.143. The number of ketones is 1. The molecule has 1 unspecified atom stereocenters. The predicted octanol–water partition coefficient (Wildman–Crippen LogP) is 4.85. The van der Waals surface area contributed by atoms with Crippen LogP contribution in [0.3, 0.4) is 0 Å². The van der Waals surface area contributed by atoms with Crippen LogP contribution >= 0.6 is 39.1 Å². The zero-order chi connectivity index (χ0) is 21.2. The van der Waals surface area contributed by atoms with Crippen molar-refractivity contribution in [2.24, 2.45) is 0 Å². The number of carbonyl (C=O) groups is 2. The highest BCUT2D eigenvalue weighted by Crippen LogP contribution is 2.36. The Morgan fingerprint density at radius 3 is 2.34 bits per heavy atom. The van der Waals surface area contributed by atoms with E-state index in [0.29, 0.717) is 22.0 Å². The van der Waals surface area contributed by atoms with Gasteiger partial charge in [-0.1, -0.05) is 58.2 Å². The second-order valence-corrected chi connectivity index (χ2v) is 9.22. The number of aliphatic hydroxyl groups excluding tert-OH is 1. The lowest BCUT2D eigenvalue weighted by atomic mass is 9.82. The van der Waals surface area contributed by atoms with E-state index < -0.39 is 11.6 Å². The molecule has 1 aliphatic rings. The Kier molecular flexibility index (Phi) is 7.05. The molecule has 3 rings (SSSR count). The molecule has 29 heavy (non-hydrogen) atoms. The van der Waals surface area contributed by atoms with E-state index in [0.717, 1.165) is 10.0 Å². The van der Waals surface area contributed by atoms with Gasteiger partial charge in [-0.2, -0.15) is 0 Å². The number of benzene rings is 2. The molecule has 1 fully saturated rings. The van der Waals surface area contributed by atoms with Gasteiger partial charge in [-0.3, -0.25) is 9.59 Å². The molecule has 1 amide bonds. The van der Waals surface area contributed by atoms with Gasteiger partial charge in [0.15, 0.2) is 5.78 Å². The fourth-order valence-corrected chi connectivity index (χ4v) is 4.91. The summed E-state index contributed by atoms with van der Waals surface area (Å²) in [5.41, 5.74) is 0.560. The molecule has 154 valence electrons. The van der Waals surface area contributed by atoms with Crippen molar-refractivity contribution in [2.45, 2.75) is 44.2 Å². The van der Waals surface area contributed by atoms with Crippen LogP contribution in [0, 0.1) is 0 Å². The van der Waals surface area contributed by atoms with E-state index in [4.69, 9.17) is 23.2 Å². The van der Waals surface area contributed by atoms with Gasteiger partial charge < -0.3 is 10.0 Å². The fourth-order valence-electron chi connectivity index (χ4n) is 4.07. The van der Waals surface area contributed by atoms with Crippen molar-refractivity contribution < 1.29 is 14.7 Å². The largest absolute Gasteiger partial charge is 0.391 e. The number of amides is 1. The molecule has 2 aromatic rings. The number of aliphatic hydroxyl groups is 1. The van der Waals surface area contributed by atoms with Crippen molar-refractivity contribution in [3.63, 3.8) is 0 Å². The standard InChI is InChI=1S/C22H22BrCl2NO3/c1-2-20(28)22(11-14-3-5-16(23)6-4-14)12-19(27)13-26(22)21(29)9-15-7-17(24)10-18(25)8-15/h3-8,10,19,27H,2,9,11-13H2,1H3/t19-,22?/m1/s1. The Bertz CT molecular complexity index is 899. The normalized spacial score (nSPS) is 21.4. The minimum absolute atomic E-state index is 0.0468. The summed E-state index contributed by atoms with van der Waals surface area (Å²) in [6.07, 6.45) is 0.208. The quantitative estimate of drug-likeness (QED) is 0.619. The minimum atomic E-state index is -1.05. The zero-order valence-corrected chi connectivity index (χ0v) is 19.1. The Morgan fingerprint density at radius 1 is 1.14 bits per heavy atom. The van der Waals surface area contributed by atoms with E-state index in [1.165, 1.54) is 0 Å². The highest BCUT2D eigenvalue weighted by molar-refractivity contribution is 9.10. The summed E-state index contributed by atoms with van der Waals surface area (Å²) >= 11 is 15.5. The third kappa shape index (κ3) is 5.02. The molecule has 1 saturated heterocycles. The molecule has 2 atom stereocenters. The molecule has 0 spiro atoms. The summed E-state index contributed by atoms with van der Waals surface area (Å²) in [7, 11) is 0. The number of rotatable bonds is 6. The molecule has 1 heterocycles. The maximum atomic E-state index is 13.2. The lowest BCUT2D eigenvalue weighted by Gasteiger charge is -2.37. The van der Waals surface area contributed by atoms with Crippen LogP contribution in [0.4, 0.5) is 0 Å². The van der Waals surface area contributed by atoms with Gasteiger partial charge in [0.1, 0.15) is 5.54 Å². The highest BCUT2D eigenvalue weighted by Gasteiger charge is 2.51. The van der Waals surface area contributed by atoms with E-state index >= 15 is 0 Å². The van der Waals surface area contributed by atoms with Crippen LogP contribution in [0.15, 0.2) is 46.9 Å². The van der Waals surface area contributed by atoms with E-state index in [-0.39, 0.29) is 37.5 Å². The van der Waals surface area contributed by atoms with Crippen LogP contribution < -0.4 is 0 Å². The Hall–Kier alpha value is -1.40. The smallest absolute Gasteiger partial charge is 0.227 e. The summed E-state index contributed by atoms with van der Waals surface area (Å²) in [5.74, 6) is -0.270. The summed E-state index contributed by atoms with van der Waals surface area (Å²) in [5, 5.41) is 11.3. The van der Waals surface area contributed by atoms with Crippen LogP contribution in [0.2, 0.25) is 10.0 Å². The summed E-state index contributed by atoms with van der Waals surface area (Å²) in [4.78, 5) is 27.9. The van der Waals surface area contributed by atoms with Crippen molar-refractivity contribution in [1.29, 1.82) is 0 Å². The number of carbonyl (C=O) groups excluding carboxylic acids is 2. The summed E-state index contributed by atoms with van der Waals surface area (Å²) in [6, 6.07) is 12.7. The van der Waals surface area contributed by atoms with Gasteiger partial charge in [0.05, 0.1) is 12.5 Å². The van der Waals surface area contributed by atoms with Gasteiger partial charge in [-0.15, -0.1) is 0 Å². The molecule has 0 radical (unpaired) electrons. The van der Waals surface area contributed by atoms with Crippen LogP contribution in [0.1, 0.15) is 30.9 Å². The van der Waals surface area contributed by atoms with Crippen molar-refractivity contribution in [1.82, 2.24) is 4.90 Å². The van der Waals surface area contributed by atoms with Crippen LogP contribution in [-0.4, -0.2) is 39.9 Å². The molecular formula is C22H22BrCl2NO3. The molecular weight excluding hydrogens is 477 g/mol. The first-order chi connectivity index (χ1) is 13.7. The molecule has 1 aliphatic heterocycles. The Morgan fingerprint density at radius 2 is 1.76 bits per heavy atom. The van der Waals surface area contributed by atoms with Crippen LogP contribution in [0.5, 0.6) is 0 Å². The zero-order valence-electron chi connectivity index (χ0n) is 16.0. The SMILES string of the molecule is CCC(=O)C1(Cc2ccc(Br)cc2)C[C@@H](O)CN1C(=O)Cc1cc(Cl)cc(Cl)c1. The lowest BCUT2D eigenvalue weighted by Crippen LogP contribution is -2.54. The van der Waals surface area contributed by atoms with E-state index in [1.807, 2.05) is 24.3 Å². The molecule has 0 saturated carbocycles. The molecule has 4 nitrogen and oxygen atoms in total. The van der Waals surface area contributed by atoms with Gasteiger partial charge in [0.25, 0.3) is 0 Å². The second kappa shape index (κ2) is 9.17. The maximum Gasteiger partial charge on any atom is 0.227 e. The fraction of sp³-hybridized carbons (Fsp3) is 0.364. The van der Waals surface area contributed by atoms with Crippen molar-refractivity contribution >= 4 is 50.8 Å². The molecule has 0 aromatic heterocycles. The topological polar surface area (TPSA) is 57.6 Å². The van der Waals surface area contributed by atoms with Gasteiger partial charge in [0, 0.05) is 40.3 Å². The minimum Gasteiger partial charge on any atom is -0.391 e. The van der Waals surface area contributed by atoms with E-state index in [2.05, 4.69) is 15.9 Å².